The molecule has 3 heterocycles. The lowest BCUT2D eigenvalue weighted by molar-refractivity contribution is 1.07. The van der Waals surface area contributed by atoms with Crippen molar-refractivity contribution in [3.8, 4) is 39.9 Å². The van der Waals surface area contributed by atoms with E-state index in [1.165, 1.54) is 63.5 Å². The maximum Gasteiger partial charge on any atom is 0.164 e. The molecule has 0 aliphatic carbocycles. The summed E-state index contributed by atoms with van der Waals surface area (Å²) in [5.74, 6) is 1.93. The van der Waals surface area contributed by atoms with Gasteiger partial charge in [-0.1, -0.05) is 140 Å². The Morgan fingerprint density at radius 1 is 0.365 bits per heavy atom. The first kappa shape index (κ1) is 29.1. The summed E-state index contributed by atoms with van der Waals surface area (Å²) in [7, 11) is 0. The topological polar surface area (TPSA) is 43.6 Å². The van der Waals surface area contributed by atoms with Crippen molar-refractivity contribution in [1.82, 2.24) is 19.5 Å². The van der Waals surface area contributed by atoms with Crippen molar-refractivity contribution in [2.75, 3.05) is 0 Å². The Kier molecular flexibility index (Phi) is 6.39. The van der Waals surface area contributed by atoms with Gasteiger partial charge in [0.05, 0.1) is 11.0 Å². The Balaban J connectivity index is 1.25. The molecule has 0 aliphatic rings. The number of aromatic nitrogens is 4. The van der Waals surface area contributed by atoms with Gasteiger partial charge in [-0.05, 0) is 46.5 Å². The molecular weight excluding hydrogens is 653 g/mol. The lowest BCUT2D eigenvalue weighted by Crippen LogP contribution is -2.01. The smallest absolute Gasteiger partial charge is 0.164 e. The fraction of sp³-hybridized carbons (Fsp3) is 0. The molecule has 11 rings (SSSR count). The van der Waals surface area contributed by atoms with Gasteiger partial charge in [0.15, 0.2) is 17.5 Å². The second-order valence-electron chi connectivity index (χ2n) is 13.2. The van der Waals surface area contributed by atoms with Gasteiger partial charge in [-0.25, -0.2) is 15.0 Å². The Labute approximate surface area is 302 Å². The van der Waals surface area contributed by atoms with Crippen molar-refractivity contribution >= 4 is 74.9 Å². The highest BCUT2D eigenvalue weighted by molar-refractivity contribution is 7.26. The molecule has 0 unspecified atom stereocenters. The molecule has 3 aromatic heterocycles. The first-order valence-electron chi connectivity index (χ1n) is 17.5. The van der Waals surface area contributed by atoms with E-state index in [1.807, 2.05) is 72.0 Å². The van der Waals surface area contributed by atoms with Gasteiger partial charge in [-0.15, -0.1) is 11.3 Å². The summed E-state index contributed by atoms with van der Waals surface area (Å²) in [6.45, 7) is 0. The molecule has 0 aliphatic heterocycles. The van der Waals surface area contributed by atoms with Crippen molar-refractivity contribution in [2.24, 2.45) is 0 Å². The zero-order valence-electron chi connectivity index (χ0n) is 27.9. The van der Waals surface area contributed by atoms with Crippen LogP contribution in [0.15, 0.2) is 170 Å². The summed E-state index contributed by atoms with van der Waals surface area (Å²) >= 11 is 1.87. The molecule has 0 saturated heterocycles. The maximum absolute atomic E-state index is 5.08. The zero-order chi connectivity index (χ0) is 34.2. The molecule has 0 N–H and O–H groups in total. The number of nitrogens with zero attached hydrogens (tertiary/aromatic N) is 4. The average Bonchev–Trinajstić information content (AvgIpc) is 3.78. The molecule has 0 fully saturated rings. The van der Waals surface area contributed by atoms with E-state index in [2.05, 4.69) is 114 Å². The fourth-order valence-electron chi connectivity index (χ4n) is 7.96. The number of hydrogen-bond donors (Lipinski definition) is 0. The molecule has 11 aromatic rings. The summed E-state index contributed by atoms with van der Waals surface area (Å²) in [6.07, 6.45) is 0. The van der Waals surface area contributed by atoms with Crippen molar-refractivity contribution in [3.05, 3.63) is 170 Å². The highest BCUT2D eigenvalue weighted by atomic mass is 32.1. The average molecular weight is 681 g/mol. The zero-order valence-corrected chi connectivity index (χ0v) is 28.7. The Morgan fingerprint density at radius 2 is 0.904 bits per heavy atom. The van der Waals surface area contributed by atoms with Gasteiger partial charge in [-0.3, -0.25) is 0 Å². The molecule has 8 aromatic carbocycles. The molecule has 4 nitrogen and oxygen atoms in total. The SMILES string of the molecule is c1ccc(-c2nc(-c3ccccc3)nc(-c3cccc(-n4c5ccc6sc7ccccc7c6c5c5c6ccccc6c6ccccc6c54)c3)n2)cc1. The van der Waals surface area contributed by atoms with Crippen LogP contribution in [0.2, 0.25) is 0 Å². The van der Waals surface area contributed by atoms with Crippen LogP contribution in [0.4, 0.5) is 0 Å². The van der Waals surface area contributed by atoms with Crippen LogP contribution in [-0.2, 0) is 0 Å². The number of fused-ring (bicyclic) bond motifs is 12. The highest BCUT2D eigenvalue weighted by Gasteiger charge is 2.23. The van der Waals surface area contributed by atoms with E-state index in [-0.39, 0.29) is 0 Å². The molecule has 0 amide bonds. The van der Waals surface area contributed by atoms with Crippen LogP contribution in [-0.4, -0.2) is 19.5 Å². The Morgan fingerprint density at radius 3 is 1.60 bits per heavy atom. The van der Waals surface area contributed by atoms with Crippen LogP contribution >= 0.6 is 11.3 Å². The van der Waals surface area contributed by atoms with E-state index in [9.17, 15) is 0 Å². The standard InChI is InChI=1S/C47H28N4S/c1-3-14-29(15-4-1)45-48-46(30-16-5-2-6-17-30)50-47(49-45)31-18-13-19-32(28-31)51-38-26-27-40-41(37-24-11-12-25-39(37)52-40)43(38)42-35-22-9-7-20-33(35)34-21-8-10-23-36(34)44(42)51/h1-28H. The number of hydrogen-bond acceptors (Lipinski definition) is 4. The third kappa shape index (κ3) is 4.36. The van der Waals surface area contributed by atoms with Crippen LogP contribution in [0.3, 0.4) is 0 Å². The van der Waals surface area contributed by atoms with E-state index < -0.39 is 0 Å². The van der Waals surface area contributed by atoms with Crippen molar-refractivity contribution in [1.29, 1.82) is 0 Å². The largest absolute Gasteiger partial charge is 0.309 e. The Bertz CT molecular complexity index is 3120. The predicted octanol–water partition coefficient (Wildman–Crippen LogP) is 12.6. The van der Waals surface area contributed by atoms with Crippen LogP contribution in [0, 0.1) is 0 Å². The predicted molar refractivity (Wildman–Crippen MR) is 218 cm³/mol. The molecule has 242 valence electrons. The normalized spacial score (nSPS) is 11.8. The number of rotatable bonds is 4. The molecule has 0 bridgehead atoms. The van der Waals surface area contributed by atoms with Crippen LogP contribution in [0.1, 0.15) is 0 Å². The van der Waals surface area contributed by atoms with Gasteiger partial charge in [0, 0.05) is 58.7 Å². The summed E-state index contributed by atoms with van der Waals surface area (Å²) < 4.78 is 5.06. The van der Waals surface area contributed by atoms with Gasteiger partial charge in [0.25, 0.3) is 0 Å². The molecule has 52 heavy (non-hydrogen) atoms. The van der Waals surface area contributed by atoms with Gasteiger partial charge in [-0.2, -0.15) is 0 Å². The third-order valence-corrected chi connectivity index (χ3v) is 11.3. The molecule has 0 atom stereocenters. The van der Waals surface area contributed by atoms with Gasteiger partial charge >= 0.3 is 0 Å². The van der Waals surface area contributed by atoms with E-state index in [0.717, 1.165) is 22.4 Å². The number of thiophene rings is 1. The molecule has 5 heteroatoms. The fourth-order valence-corrected chi connectivity index (χ4v) is 9.08. The van der Waals surface area contributed by atoms with Crippen molar-refractivity contribution in [2.45, 2.75) is 0 Å². The van der Waals surface area contributed by atoms with E-state index >= 15 is 0 Å². The van der Waals surface area contributed by atoms with Gasteiger partial charge in [0.1, 0.15) is 0 Å². The summed E-state index contributed by atoms with van der Waals surface area (Å²) in [5.41, 5.74) is 6.26. The van der Waals surface area contributed by atoms with Gasteiger partial charge < -0.3 is 4.57 Å². The minimum Gasteiger partial charge on any atom is -0.309 e. The van der Waals surface area contributed by atoms with Crippen LogP contribution in [0.25, 0.3) is 103 Å². The van der Waals surface area contributed by atoms with Crippen molar-refractivity contribution in [3.63, 3.8) is 0 Å². The quantitative estimate of drug-likeness (QED) is 0.174. The monoisotopic (exact) mass is 680 g/mol. The summed E-state index contributed by atoms with van der Waals surface area (Å²) in [4.78, 5) is 15.1. The summed E-state index contributed by atoms with van der Waals surface area (Å²) in [5, 5.41) is 10.2. The highest BCUT2D eigenvalue weighted by Crippen LogP contribution is 2.48. The number of benzene rings is 8. The Hall–Kier alpha value is -6.69. The second kappa shape index (κ2) is 11.4. The molecule has 0 saturated carbocycles. The van der Waals surface area contributed by atoms with Crippen LogP contribution < -0.4 is 0 Å². The van der Waals surface area contributed by atoms with Gasteiger partial charge in [0.2, 0.25) is 0 Å². The third-order valence-electron chi connectivity index (χ3n) is 10.2. The summed E-state index contributed by atoms with van der Waals surface area (Å²) in [6, 6.07) is 60.1. The molecule has 0 radical (unpaired) electrons. The first-order valence-corrected chi connectivity index (χ1v) is 18.3. The van der Waals surface area contributed by atoms with Crippen molar-refractivity contribution < 1.29 is 0 Å². The second-order valence-corrected chi connectivity index (χ2v) is 14.3. The first-order chi connectivity index (χ1) is 25.8. The minimum absolute atomic E-state index is 0.636. The molecular formula is C47H28N4S. The van der Waals surface area contributed by atoms with E-state index in [0.29, 0.717) is 17.5 Å². The minimum atomic E-state index is 0.636. The van der Waals surface area contributed by atoms with E-state index in [4.69, 9.17) is 15.0 Å². The lowest BCUT2D eigenvalue weighted by atomic mass is 9.95. The van der Waals surface area contributed by atoms with Crippen LogP contribution in [0.5, 0.6) is 0 Å². The molecule has 0 spiro atoms. The maximum atomic E-state index is 5.08. The lowest BCUT2D eigenvalue weighted by Gasteiger charge is -2.13. The van der Waals surface area contributed by atoms with E-state index in [1.54, 1.807) is 0 Å².